The van der Waals surface area contributed by atoms with Gasteiger partial charge in [-0.05, 0) is 45.7 Å². The summed E-state index contributed by atoms with van der Waals surface area (Å²) < 4.78 is 0. The molecule has 4 aliphatic heterocycles. The number of piperidine rings is 3. The second-order valence-electron chi connectivity index (χ2n) is 7.71. The van der Waals surface area contributed by atoms with Crippen LogP contribution in [0.3, 0.4) is 0 Å². The first-order chi connectivity index (χ1) is 11.6. The van der Waals surface area contributed by atoms with E-state index in [1.807, 2.05) is 18.7 Å². The largest absolute Gasteiger partial charge is 0.340 e. The number of nitrogens with zero attached hydrogens (tertiary/aromatic N) is 4. The first-order valence-corrected chi connectivity index (χ1v) is 9.36. The molecule has 1 N–H and O–H groups in total. The van der Waals surface area contributed by atoms with Crippen LogP contribution in [0.25, 0.3) is 0 Å². The van der Waals surface area contributed by atoms with E-state index >= 15 is 0 Å². The molecule has 4 fully saturated rings. The summed E-state index contributed by atoms with van der Waals surface area (Å²) >= 11 is 0. The molecule has 0 spiro atoms. The van der Waals surface area contributed by atoms with E-state index in [2.05, 4.69) is 20.0 Å². The predicted octanol–water partition coefficient (Wildman–Crippen LogP) is 0.807. The minimum absolute atomic E-state index is 0.246. The van der Waals surface area contributed by atoms with Crippen molar-refractivity contribution in [3.63, 3.8) is 0 Å². The molecule has 132 valence electrons. The van der Waals surface area contributed by atoms with Gasteiger partial charge in [-0.1, -0.05) is 0 Å². The normalized spacial score (nSPS) is 30.8. The monoisotopic (exact) mass is 331 g/mol. The molecule has 0 saturated carbocycles. The molecule has 1 amide bonds. The third-order valence-corrected chi connectivity index (χ3v) is 6.37. The van der Waals surface area contributed by atoms with Gasteiger partial charge in [-0.3, -0.25) is 14.8 Å². The zero-order chi connectivity index (χ0) is 16.7. The highest BCUT2D eigenvalue weighted by Gasteiger charge is 2.38. The van der Waals surface area contributed by atoms with Gasteiger partial charge in [0.25, 0.3) is 0 Å². The molecule has 6 heteroatoms. The van der Waals surface area contributed by atoms with Crippen LogP contribution in [-0.2, 0) is 11.2 Å². The molecule has 24 heavy (non-hydrogen) atoms. The molecular weight excluding hydrogens is 302 g/mol. The van der Waals surface area contributed by atoms with Crippen molar-refractivity contribution in [3.8, 4) is 0 Å². The van der Waals surface area contributed by atoms with Gasteiger partial charge in [0.05, 0.1) is 12.1 Å². The van der Waals surface area contributed by atoms with Crippen molar-refractivity contribution in [1.82, 2.24) is 24.9 Å². The third kappa shape index (κ3) is 2.97. The minimum atomic E-state index is 0.246. The van der Waals surface area contributed by atoms with Crippen molar-refractivity contribution >= 4 is 5.91 Å². The van der Waals surface area contributed by atoms with Gasteiger partial charge in [-0.25, -0.2) is 0 Å². The number of carbonyl (C=O) groups is 1. The SMILES string of the molecule is Cc1n[nH]c(C)c1CC(=O)N1CCN([C@H]2CN3CCC2CC3)CC1. The average molecular weight is 331 g/mol. The van der Waals surface area contributed by atoms with E-state index in [4.69, 9.17) is 0 Å². The Morgan fingerprint density at radius 2 is 1.83 bits per heavy atom. The van der Waals surface area contributed by atoms with Gasteiger partial charge in [0, 0.05) is 50.0 Å². The molecule has 6 nitrogen and oxygen atoms in total. The summed E-state index contributed by atoms with van der Waals surface area (Å²) in [6.07, 6.45) is 3.21. The molecule has 0 unspecified atom stereocenters. The fraction of sp³-hybridized carbons (Fsp3) is 0.778. The highest BCUT2D eigenvalue weighted by molar-refractivity contribution is 5.79. The van der Waals surface area contributed by atoms with Crippen LogP contribution in [0, 0.1) is 19.8 Å². The number of aryl methyl sites for hydroxylation is 2. The Bertz CT molecular complexity index is 577. The van der Waals surface area contributed by atoms with Crippen LogP contribution in [0.1, 0.15) is 29.8 Å². The quantitative estimate of drug-likeness (QED) is 0.890. The lowest BCUT2D eigenvalue weighted by atomic mass is 9.83. The number of H-pyrrole nitrogens is 1. The number of rotatable bonds is 3. The van der Waals surface area contributed by atoms with Gasteiger partial charge in [0.15, 0.2) is 0 Å². The maximum atomic E-state index is 12.6. The fourth-order valence-corrected chi connectivity index (χ4v) is 4.75. The van der Waals surface area contributed by atoms with Crippen molar-refractivity contribution in [1.29, 1.82) is 0 Å². The topological polar surface area (TPSA) is 55.5 Å². The van der Waals surface area contributed by atoms with Crippen LogP contribution in [0.15, 0.2) is 0 Å². The number of aromatic amines is 1. The lowest BCUT2D eigenvalue weighted by Crippen LogP contribution is -2.61. The number of nitrogens with one attached hydrogen (secondary N) is 1. The zero-order valence-electron chi connectivity index (χ0n) is 14.9. The van der Waals surface area contributed by atoms with Crippen molar-refractivity contribution in [2.45, 2.75) is 39.2 Å². The Morgan fingerprint density at radius 1 is 1.12 bits per heavy atom. The Balaban J connectivity index is 1.32. The number of carbonyl (C=O) groups excluding carboxylic acids is 1. The maximum absolute atomic E-state index is 12.6. The number of fused-ring (bicyclic) bond motifs is 3. The van der Waals surface area contributed by atoms with Gasteiger partial charge in [-0.15, -0.1) is 0 Å². The molecule has 0 aliphatic carbocycles. The number of amides is 1. The van der Waals surface area contributed by atoms with Crippen LogP contribution in [0.5, 0.6) is 0 Å². The molecule has 4 saturated heterocycles. The Hall–Kier alpha value is -1.40. The number of hydrogen-bond donors (Lipinski definition) is 1. The Kier molecular flexibility index (Phi) is 4.35. The Labute approximate surface area is 144 Å². The van der Waals surface area contributed by atoms with Crippen LogP contribution in [0.4, 0.5) is 0 Å². The predicted molar refractivity (Wildman–Crippen MR) is 92.9 cm³/mol. The van der Waals surface area contributed by atoms with E-state index in [9.17, 15) is 4.79 Å². The highest BCUT2D eigenvalue weighted by atomic mass is 16.2. The van der Waals surface area contributed by atoms with Gasteiger partial charge < -0.3 is 9.80 Å². The van der Waals surface area contributed by atoms with Crippen molar-refractivity contribution in [2.75, 3.05) is 45.8 Å². The first kappa shape index (κ1) is 16.1. The van der Waals surface area contributed by atoms with E-state index in [-0.39, 0.29) is 5.91 Å². The fourth-order valence-electron chi connectivity index (χ4n) is 4.75. The second-order valence-corrected chi connectivity index (χ2v) is 7.71. The molecule has 0 radical (unpaired) electrons. The zero-order valence-corrected chi connectivity index (χ0v) is 14.9. The molecule has 1 aromatic heterocycles. The van der Waals surface area contributed by atoms with E-state index in [1.54, 1.807) is 0 Å². The molecular formula is C18H29N5O. The molecule has 4 aliphatic rings. The van der Waals surface area contributed by atoms with Gasteiger partial charge in [0.2, 0.25) is 5.91 Å². The summed E-state index contributed by atoms with van der Waals surface area (Å²) in [4.78, 5) is 19.9. The minimum Gasteiger partial charge on any atom is -0.340 e. The third-order valence-electron chi connectivity index (χ3n) is 6.37. The van der Waals surface area contributed by atoms with E-state index in [0.717, 1.165) is 55.1 Å². The standard InChI is InChI=1S/C18H29N5O/c1-13-16(14(2)20-19-13)11-18(24)23-9-7-22(8-10-23)17-12-21-5-3-15(17)4-6-21/h15,17H,3-12H2,1-2H3,(H,19,20)/t17-/m0/s1. The average Bonchev–Trinajstić information content (AvgIpc) is 2.95. The van der Waals surface area contributed by atoms with Crippen molar-refractivity contribution < 1.29 is 4.79 Å². The first-order valence-electron chi connectivity index (χ1n) is 9.36. The van der Waals surface area contributed by atoms with E-state index < -0.39 is 0 Å². The molecule has 1 aromatic rings. The highest BCUT2D eigenvalue weighted by Crippen LogP contribution is 2.31. The van der Waals surface area contributed by atoms with Crippen molar-refractivity contribution in [3.05, 3.63) is 17.0 Å². The summed E-state index contributed by atoms with van der Waals surface area (Å²) in [6.45, 7) is 11.6. The summed E-state index contributed by atoms with van der Waals surface area (Å²) in [5.41, 5.74) is 3.04. The van der Waals surface area contributed by atoms with Gasteiger partial charge >= 0.3 is 0 Å². The molecule has 5 heterocycles. The van der Waals surface area contributed by atoms with Crippen LogP contribution in [-0.4, -0.2) is 82.7 Å². The van der Waals surface area contributed by atoms with Crippen LogP contribution >= 0.6 is 0 Å². The lowest BCUT2D eigenvalue weighted by Gasteiger charge is -2.51. The number of piperazine rings is 1. The van der Waals surface area contributed by atoms with Crippen molar-refractivity contribution in [2.24, 2.45) is 5.92 Å². The van der Waals surface area contributed by atoms with Crippen LogP contribution < -0.4 is 0 Å². The second kappa shape index (κ2) is 6.48. The van der Waals surface area contributed by atoms with Gasteiger partial charge in [-0.2, -0.15) is 5.10 Å². The number of hydrogen-bond acceptors (Lipinski definition) is 4. The van der Waals surface area contributed by atoms with Crippen LogP contribution in [0.2, 0.25) is 0 Å². The summed E-state index contributed by atoms with van der Waals surface area (Å²) in [5, 5.41) is 7.18. The lowest BCUT2D eigenvalue weighted by molar-refractivity contribution is -0.133. The maximum Gasteiger partial charge on any atom is 0.227 e. The van der Waals surface area contributed by atoms with E-state index in [1.165, 1.54) is 32.5 Å². The summed E-state index contributed by atoms with van der Waals surface area (Å²) in [7, 11) is 0. The molecule has 1 atom stereocenters. The molecule has 0 aromatic carbocycles. The Morgan fingerprint density at radius 3 is 2.38 bits per heavy atom. The smallest absolute Gasteiger partial charge is 0.227 e. The summed E-state index contributed by atoms with van der Waals surface area (Å²) in [5.74, 6) is 1.13. The molecule has 5 rings (SSSR count). The van der Waals surface area contributed by atoms with E-state index in [0.29, 0.717) is 6.42 Å². The summed E-state index contributed by atoms with van der Waals surface area (Å²) in [6, 6.07) is 0.725. The van der Waals surface area contributed by atoms with Gasteiger partial charge in [0.1, 0.15) is 0 Å². The molecule has 2 bridgehead atoms. The number of aromatic nitrogens is 2.